The van der Waals surface area contributed by atoms with E-state index in [1.165, 1.54) is 12.0 Å². The topological polar surface area (TPSA) is 44.8 Å². The molecule has 0 radical (unpaired) electrons. The molecule has 1 aromatic carbocycles. The summed E-state index contributed by atoms with van der Waals surface area (Å²) in [4.78, 5) is 14.8. The number of para-hydroxylation sites is 2. The molecule has 2 aromatic heterocycles. The average Bonchev–Trinajstić information content (AvgIpc) is 3.14. The average molecular weight is 264 g/mol. The van der Waals surface area contributed by atoms with Crippen LogP contribution in [0.5, 0.6) is 0 Å². The highest BCUT2D eigenvalue weighted by Crippen LogP contribution is 2.34. The zero-order chi connectivity index (χ0) is 13.4. The van der Waals surface area contributed by atoms with Crippen LogP contribution in [0, 0.1) is 0 Å². The highest BCUT2D eigenvalue weighted by Gasteiger charge is 2.28. The molecule has 1 aliphatic rings. The smallest absolute Gasteiger partial charge is 0.204 e. The number of pyridine rings is 1. The molecular formula is C16H16N4. The van der Waals surface area contributed by atoms with Gasteiger partial charge in [-0.15, -0.1) is 0 Å². The van der Waals surface area contributed by atoms with Gasteiger partial charge in [0.05, 0.1) is 17.1 Å². The Morgan fingerprint density at radius 1 is 1.15 bits per heavy atom. The Morgan fingerprint density at radius 2 is 2.10 bits per heavy atom. The molecule has 1 aliphatic heterocycles. The predicted octanol–water partition coefficient (Wildman–Crippen LogP) is 3.30. The maximum Gasteiger partial charge on any atom is 0.204 e. The molecular weight excluding hydrogens is 248 g/mol. The zero-order valence-corrected chi connectivity index (χ0v) is 11.2. The number of hydrogen-bond acceptors (Lipinski definition) is 3. The van der Waals surface area contributed by atoms with E-state index in [0.717, 1.165) is 29.9 Å². The largest absolute Gasteiger partial charge is 0.335 e. The van der Waals surface area contributed by atoms with E-state index in [0.29, 0.717) is 6.04 Å². The monoisotopic (exact) mass is 264 g/mol. The summed E-state index contributed by atoms with van der Waals surface area (Å²) in [6, 6.07) is 12.7. The second kappa shape index (κ2) is 4.63. The van der Waals surface area contributed by atoms with Crippen molar-refractivity contribution in [3.8, 4) is 0 Å². The first-order chi connectivity index (χ1) is 9.92. The molecule has 1 N–H and O–H groups in total. The molecule has 4 heteroatoms. The second-order valence-corrected chi connectivity index (χ2v) is 5.22. The van der Waals surface area contributed by atoms with E-state index < -0.39 is 0 Å². The molecule has 0 amide bonds. The Kier molecular flexibility index (Phi) is 2.66. The van der Waals surface area contributed by atoms with Crippen LogP contribution >= 0.6 is 0 Å². The molecule has 1 atom stereocenters. The highest BCUT2D eigenvalue weighted by molar-refractivity contribution is 5.77. The van der Waals surface area contributed by atoms with E-state index in [9.17, 15) is 0 Å². The van der Waals surface area contributed by atoms with Crippen LogP contribution in [0.15, 0.2) is 48.8 Å². The molecule has 3 aromatic rings. The van der Waals surface area contributed by atoms with Crippen LogP contribution in [-0.4, -0.2) is 21.5 Å². The van der Waals surface area contributed by atoms with Crippen molar-refractivity contribution in [1.29, 1.82) is 0 Å². The molecule has 0 aliphatic carbocycles. The van der Waals surface area contributed by atoms with Crippen molar-refractivity contribution in [2.75, 3.05) is 11.4 Å². The number of hydrogen-bond donors (Lipinski definition) is 1. The molecule has 4 rings (SSSR count). The predicted molar refractivity (Wildman–Crippen MR) is 79.7 cm³/mol. The van der Waals surface area contributed by atoms with Gasteiger partial charge in [-0.05, 0) is 36.6 Å². The summed E-state index contributed by atoms with van der Waals surface area (Å²) in [5.74, 6) is 0.970. The van der Waals surface area contributed by atoms with E-state index >= 15 is 0 Å². The van der Waals surface area contributed by atoms with Gasteiger partial charge in [-0.2, -0.15) is 0 Å². The number of nitrogens with one attached hydrogen (secondary N) is 1. The Morgan fingerprint density at radius 3 is 2.95 bits per heavy atom. The molecule has 0 saturated carbocycles. The molecule has 1 saturated heterocycles. The van der Waals surface area contributed by atoms with Crippen LogP contribution in [0.3, 0.4) is 0 Å². The Labute approximate surface area is 117 Å². The van der Waals surface area contributed by atoms with Gasteiger partial charge in [0.25, 0.3) is 0 Å². The summed E-state index contributed by atoms with van der Waals surface area (Å²) < 4.78 is 0. The summed E-state index contributed by atoms with van der Waals surface area (Å²) >= 11 is 0. The van der Waals surface area contributed by atoms with Gasteiger partial charge in [-0.1, -0.05) is 18.2 Å². The van der Waals surface area contributed by atoms with E-state index in [-0.39, 0.29) is 0 Å². The standard InChI is InChI=1S/C16H16N4/c1-2-7-14-13(6-1)18-16(19-14)20-10-4-8-15(20)12-5-3-9-17-11-12/h1-3,5-7,9,11,15H,4,8,10H2,(H,18,19). The summed E-state index contributed by atoms with van der Waals surface area (Å²) in [7, 11) is 0. The van der Waals surface area contributed by atoms with Crippen molar-refractivity contribution in [2.45, 2.75) is 18.9 Å². The van der Waals surface area contributed by atoms with Gasteiger partial charge in [-0.25, -0.2) is 4.98 Å². The van der Waals surface area contributed by atoms with Crippen molar-refractivity contribution < 1.29 is 0 Å². The van der Waals surface area contributed by atoms with Crippen LogP contribution in [0.4, 0.5) is 5.95 Å². The third kappa shape index (κ3) is 1.84. The highest BCUT2D eigenvalue weighted by atomic mass is 15.3. The fourth-order valence-corrected chi connectivity index (χ4v) is 3.02. The lowest BCUT2D eigenvalue weighted by Crippen LogP contribution is -2.23. The fraction of sp³-hybridized carbons (Fsp3) is 0.250. The van der Waals surface area contributed by atoms with Gasteiger partial charge >= 0.3 is 0 Å². The lowest BCUT2D eigenvalue weighted by Gasteiger charge is -2.24. The van der Waals surface area contributed by atoms with Crippen LogP contribution < -0.4 is 4.90 Å². The van der Waals surface area contributed by atoms with Gasteiger partial charge in [0.2, 0.25) is 5.95 Å². The minimum atomic E-state index is 0.379. The van der Waals surface area contributed by atoms with Gasteiger partial charge in [0, 0.05) is 18.9 Å². The first-order valence-electron chi connectivity index (χ1n) is 7.03. The molecule has 20 heavy (non-hydrogen) atoms. The molecule has 1 fully saturated rings. The van der Waals surface area contributed by atoms with Crippen molar-refractivity contribution in [3.63, 3.8) is 0 Å². The SMILES string of the molecule is c1cncc(C2CCCN2c2nc3ccccc3[nH]2)c1. The minimum Gasteiger partial charge on any atom is -0.335 e. The van der Waals surface area contributed by atoms with Gasteiger partial charge in [0.1, 0.15) is 0 Å². The van der Waals surface area contributed by atoms with Gasteiger partial charge in [-0.3, -0.25) is 4.98 Å². The van der Waals surface area contributed by atoms with E-state index in [1.807, 2.05) is 36.7 Å². The number of imidazole rings is 1. The Balaban J connectivity index is 1.73. The maximum absolute atomic E-state index is 4.72. The number of benzene rings is 1. The Bertz CT molecular complexity index is 686. The summed E-state index contributed by atoms with van der Waals surface area (Å²) in [6.45, 7) is 1.04. The van der Waals surface area contributed by atoms with E-state index in [4.69, 9.17) is 4.98 Å². The lowest BCUT2D eigenvalue weighted by molar-refractivity contribution is 0.703. The quantitative estimate of drug-likeness (QED) is 0.772. The van der Waals surface area contributed by atoms with Crippen LogP contribution in [0.2, 0.25) is 0 Å². The molecule has 4 nitrogen and oxygen atoms in total. The number of fused-ring (bicyclic) bond motifs is 1. The molecule has 0 spiro atoms. The number of nitrogens with zero attached hydrogens (tertiary/aromatic N) is 3. The molecule has 3 heterocycles. The first kappa shape index (κ1) is 11.5. The van der Waals surface area contributed by atoms with Gasteiger partial charge in [0.15, 0.2) is 0 Å². The zero-order valence-electron chi connectivity index (χ0n) is 11.2. The third-order valence-electron chi connectivity index (χ3n) is 3.97. The molecule has 1 unspecified atom stereocenters. The number of anilines is 1. The summed E-state index contributed by atoms with van der Waals surface area (Å²) in [5.41, 5.74) is 3.39. The molecule has 0 bridgehead atoms. The third-order valence-corrected chi connectivity index (χ3v) is 3.97. The van der Waals surface area contributed by atoms with Crippen LogP contribution in [-0.2, 0) is 0 Å². The van der Waals surface area contributed by atoms with Gasteiger partial charge < -0.3 is 9.88 Å². The van der Waals surface area contributed by atoms with Crippen molar-refractivity contribution in [3.05, 3.63) is 54.4 Å². The fourth-order valence-electron chi connectivity index (χ4n) is 3.02. The number of aromatic amines is 1. The molecule has 100 valence electrons. The number of rotatable bonds is 2. The van der Waals surface area contributed by atoms with E-state index in [2.05, 4.69) is 27.0 Å². The van der Waals surface area contributed by atoms with E-state index in [1.54, 1.807) is 0 Å². The Hall–Kier alpha value is -2.36. The van der Waals surface area contributed by atoms with Crippen molar-refractivity contribution in [1.82, 2.24) is 15.0 Å². The van der Waals surface area contributed by atoms with Crippen molar-refractivity contribution in [2.24, 2.45) is 0 Å². The van der Waals surface area contributed by atoms with Crippen LogP contribution in [0.25, 0.3) is 11.0 Å². The second-order valence-electron chi connectivity index (χ2n) is 5.22. The number of H-pyrrole nitrogens is 1. The van der Waals surface area contributed by atoms with Crippen LogP contribution in [0.1, 0.15) is 24.4 Å². The normalized spacial score (nSPS) is 18.8. The lowest BCUT2D eigenvalue weighted by atomic mass is 10.1. The van der Waals surface area contributed by atoms with Crippen molar-refractivity contribution >= 4 is 17.0 Å². The summed E-state index contributed by atoms with van der Waals surface area (Å²) in [6.07, 6.45) is 6.13. The number of aromatic nitrogens is 3. The summed E-state index contributed by atoms with van der Waals surface area (Å²) in [5, 5.41) is 0. The first-order valence-corrected chi connectivity index (χ1v) is 7.03. The minimum absolute atomic E-state index is 0.379. The maximum atomic E-state index is 4.72.